The molecule has 1 aliphatic carbocycles. The van der Waals surface area contributed by atoms with Crippen molar-refractivity contribution in [3.63, 3.8) is 0 Å². The second kappa shape index (κ2) is 2.80. The van der Waals surface area contributed by atoms with Gasteiger partial charge in [0.25, 0.3) is 0 Å². The molecule has 6 heteroatoms. The molecule has 1 aromatic heterocycles. The van der Waals surface area contributed by atoms with E-state index in [9.17, 15) is 8.42 Å². The molecule has 0 bridgehead atoms. The summed E-state index contributed by atoms with van der Waals surface area (Å²) in [5.74, 6) is 0.550. The fraction of sp³-hybridized carbons (Fsp3) is 0.714. The van der Waals surface area contributed by atoms with E-state index in [4.69, 9.17) is 0 Å². The Balaban J connectivity index is 2.24. The second-order valence-electron chi connectivity index (χ2n) is 3.46. The maximum absolute atomic E-state index is 11.0. The molecule has 0 aliphatic heterocycles. The van der Waals surface area contributed by atoms with Crippen LogP contribution in [0, 0.1) is 0 Å². The van der Waals surface area contributed by atoms with E-state index in [1.54, 1.807) is 6.33 Å². The van der Waals surface area contributed by atoms with Crippen LogP contribution in [0.15, 0.2) is 6.33 Å². The summed E-state index contributed by atoms with van der Waals surface area (Å²) in [6.45, 7) is 0. The van der Waals surface area contributed by atoms with E-state index in [1.807, 2.05) is 4.57 Å². The fourth-order valence-corrected chi connectivity index (χ4v) is 1.94. The molecule has 1 aliphatic rings. The summed E-state index contributed by atoms with van der Waals surface area (Å²) in [6, 6.07) is 0.437. The van der Waals surface area contributed by atoms with Crippen LogP contribution in [0.3, 0.4) is 0 Å². The minimum Gasteiger partial charge on any atom is -0.314 e. The van der Waals surface area contributed by atoms with Gasteiger partial charge in [0.15, 0.2) is 9.84 Å². The average Bonchev–Trinajstić information content (AvgIpc) is 2.72. The molecule has 1 aromatic rings. The highest BCUT2D eigenvalue weighted by Gasteiger charge is 2.26. The number of nitrogens with zero attached hydrogens (tertiary/aromatic N) is 3. The molecule has 1 fully saturated rings. The van der Waals surface area contributed by atoms with Gasteiger partial charge in [0, 0.05) is 12.3 Å². The summed E-state index contributed by atoms with van der Waals surface area (Å²) in [4.78, 5) is 0. The van der Waals surface area contributed by atoms with Crippen molar-refractivity contribution in [2.45, 2.75) is 24.6 Å². The Bertz CT molecular complexity index is 405. The van der Waals surface area contributed by atoms with Crippen LogP contribution in [0.4, 0.5) is 0 Å². The molecule has 0 spiro atoms. The van der Waals surface area contributed by atoms with Crippen LogP contribution in [0.5, 0.6) is 0 Å². The molecular formula is C7H11N3O2S. The van der Waals surface area contributed by atoms with E-state index in [0.717, 1.165) is 12.8 Å². The normalized spacial score (nSPS) is 17.6. The lowest BCUT2D eigenvalue weighted by Gasteiger charge is -2.01. The third-order valence-electron chi connectivity index (χ3n) is 1.98. The molecule has 2 rings (SSSR count). The summed E-state index contributed by atoms with van der Waals surface area (Å²) < 4.78 is 23.9. The van der Waals surface area contributed by atoms with Gasteiger partial charge in [-0.2, -0.15) is 0 Å². The van der Waals surface area contributed by atoms with E-state index in [1.165, 1.54) is 6.26 Å². The van der Waals surface area contributed by atoms with Crippen molar-refractivity contribution < 1.29 is 8.42 Å². The zero-order chi connectivity index (χ0) is 9.47. The molecule has 5 nitrogen and oxygen atoms in total. The van der Waals surface area contributed by atoms with Gasteiger partial charge >= 0.3 is 0 Å². The number of sulfone groups is 1. The number of rotatable bonds is 3. The number of hydrogen-bond acceptors (Lipinski definition) is 4. The van der Waals surface area contributed by atoms with E-state index in [2.05, 4.69) is 10.2 Å². The van der Waals surface area contributed by atoms with Crippen molar-refractivity contribution in [2.24, 2.45) is 0 Å². The largest absolute Gasteiger partial charge is 0.314 e. The van der Waals surface area contributed by atoms with Gasteiger partial charge in [-0.25, -0.2) is 8.42 Å². The highest BCUT2D eigenvalue weighted by Crippen LogP contribution is 2.35. The molecule has 1 heterocycles. The number of aromatic nitrogens is 3. The van der Waals surface area contributed by atoms with Crippen LogP contribution < -0.4 is 0 Å². The van der Waals surface area contributed by atoms with Crippen molar-refractivity contribution >= 4 is 9.84 Å². The summed E-state index contributed by atoms with van der Waals surface area (Å²) in [5, 5.41) is 7.51. The highest BCUT2D eigenvalue weighted by molar-refractivity contribution is 7.89. The van der Waals surface area contributed by atoms with Gasteiger partial charge in [-0.1, -0.05) is 0 Å². The molecule has 0 unspecified atom stereocenters. The Morgan fingerprint density at radius 3 is 2.85 bits per heavy atom. The van der Waals surface area contributed by atoms with Gasteiger partial charge in [-0.15, -0.1) is 10.2 Å². The molecule has 0 aromatic carbocycles. The molecule has 0 N–H and O–H groups in total. The molecule has 0 amide bonds. The van der Waals surface area contributed by atoms with Crippen molar-refractivity contribution in [2.75, 3.05) is 6.26 Å². The minimum absolute atomic E-state index is 0.0104. The Hall–Kier alpha value is -0.910. The third-order valence-corrected chi connectivity index (χ3v) is 2.76. The fourth-order valence-electron chi connectivity index (χ4n) is 1.26. The smallest absolute Gasteiger partial charge is 0.154 e. The van der Waals surface area contributed by atoms with Crippen molar-refractivity contribution in [1.29, 1.82) is 0 Å². The first-order valence-corrected chi connectivity index (χ1v) is 6.18. The van der Waals surface area contributed by atoms with E-state index in [0.29, 0.717) is 11.9 Å². The zero-order valence-electron chi connectivity index (χ0n) is 7.34. The van der Waals surface area contributed by atoms with Crippen LogP contribution in [0.2, 0.25) is 0 Å². The molecule has 1 saturated carbocycles. The van der Waals surface area contributed by atoms with Crippen LogP contribution in [0.25, 0.3) is 0 Å². The molecule has 0 radical (unpaired) electrons. The van der Waals surface area contributed by atoms with Gasteiger partial charge in [-0.3, -0.25) is 0 Å². The van der Waals surface area contributed by atoms with Crippen LogP contribution >= 0.6 is 0 Å². The predicted molar refractivity (Wildman–Crippen MR) is 46.8 cm³/mol. The first-order valence-electron chi connectivity index (χ1n) is 4.12. The van der Waals surface area contributed by atoms with Crippen LogP contribution in [-0.2, 0) is 15.6 Å². The van der Waals surface area contributed by atoms with Gasteiger partial charge in [0.2, 0.25) is 0 Å². The van der Waals surface area contributed by atoms with Crippen LogP contribution in [0.1, 0.15) is 24.7 Å². The van der Waals surface area contributed by atoms with Crippen molar-refractivity contribution in [1.82, 2.24) is 14.8 Å². The Morgan fingerprint density at radius 2 is 2.31 bits per heavy atom. The standard InChI is InChI=1S/C7H11N3O2S/c1-13(11,12)4-7-9-8-5-10(7)6-2-3-6/h5-6H,2-4H2,1H3. The van der Waals surface area contributed by atoms with Gasteiger partial charge in [0.1, 0.15) is 17.9 Å². The zero-order valence-corrected chi connectivity index (χ0v) is 8.16. The Kier molecular flexibility index (Phi) is 1.87. The molecule has 0 atom stereocenters. The van der Waals surface area contributed by atoms with Gasteiger partial charge < -0.3 is 4.57 Å². The SMILES string of the molecule is CS(=O)(=O)Cc1nncn1C1CC1. The lowest BCUT2D eigenvalue weighted by Crippen LogP contribution is -2.07. The quantitative estimate of drug-likeness (QED) is 0.698. The lowest BCUT2D eigenvalue weighted by atomic mass is 10.6. The van der Waals surface area contributed by atoms with Crippen molar-refractivity contribution in [3.05, 3.63) is 12.2 Å². The highest BCUT2D eigenvalue weighted by atomic mass is 32.2. The summed E-state index contributed by atoms with van der Waals surface area (Å²) >= 11 is 0. The van der Waals surface area contributed by atoms with E-state index < -0.39 is 9.84 Å². The molecule has 0 saturated heterocycles. The Morgan fingerprint density at radius 1 is 1.62 bits per heavy atom. The maximum atomic E-state index is 11.0. The van der Waals surface area contributed by atoms with Gasteiger partial charge in [0.05, 0.1) is 0 Å². The topological polar surface area (TPSA) is 64.8 Å². The third kappa shape index (κ3) is 2.06. The molecule has 13 heavy (non-hydrogen) atoms. The molecule has 72 valence electrons. The van der Waals surface area contributed by atoms with E-state index >= 15 is 0 Å². The van der Waals surface area contributed by atoms with E-state index in [-0.39, 0.29) is 5.75 Å². The molecular weight excluding hydrogens is 190 g/mol. The first-order chi connectivity index (χ1) is 6.06. The number of hydrogen-bond donors (Lipinski definition) is 0. The summed E-state index contributed by atoms with van der Waals surface area (Å²) in [5.41, 5.74) is 0. The predicted octanol–water partition coefficient (Wildman–Crippen LogP) is 0.158. The van der Waals surface area contributed by atoms with Gasteiger partial charge in [-0.05, 0) is 12.8 Å². The van der Waals surface area contributed by atoms with Crippen LogP contribution in [-0.4, -0.2) is 29.4 Å². The average molecular weight is 201 g/mol. The maximum Gasteiger partial charge on any atom is 0.154 e. The first kappa shape index (κ1) is 8.68. The Labute approximate surface area is 76.7 Å². The lowest BCUT2D eigenvalue weighted by molar-refractivity contribution is 0.596. The monoisotopic (exact) mass is 201 g/mol. The minimum atomic E-state index is -3.00. The summed E-state index contributed by atoms with van der Waals surface area (Å²) in [7, 11) is -3.00. The summed E-state index contributed by atoms with van der Waals surface area (Å²) in [6.07, 6.45) is 5.03. The second-order valence-corrected chi connectivity index (χ2v) is 5.60. The van der Waals surface area contributed by atoms with Crippen molar-refractivity contribution in [3.8, 4) is 0 Å².